The van der Waals surface area contributed by atoms with Crippen LogP contribution in [0.15, 0.2) is 0 Å². The minimum absolute atomic E-state index is 0.174. The number of hydrogen-bond acceptors (Lipinski definition) is 10. The van der Waals surface area contributed by atoms with E-state index in [-0.39, 0.29) is 18.9 Å². The Morgan fingerprint density at radius 1 is 0.838 bits per heavy atom. The summed E-state index contributed by atoms with van der Waals surface area (Å²) in [7, 11) is 0. The third-order valence-corrected chi connectivity index (χ3v) is 12.9. The summed E-state index contributed by atoms with van der Waals surface area (Å²) in [6, 6.07) is -0.174. The Labute approximate surface area is 216 Å². The molecule has 210 valence electrons. The number of piperidine rings is 2. The van der Waals surface area contributed by atoms with E-state index in [0.717, 1.165) is 19.4 Å². The van der Waals surface area contributed by atoms with Gasteiger partial charge in [0.25, 0.3) is 0 Å². The molecule has 3 heterocycles. The first-order valence-corrected chi connectivity index (χ1v) is 14.2. The molecule has 8 unspecified atom stereocenters. The fourth-order valence-corrected chi connectivity index (χ4v) is 11.4. The van der Waals surface area contributed by atoms with Crippen LogP contribution in [0.1, 0.15) is 52.9 Å². The van der Waals surface area contributed by atoms with Crippen molar-refractivity contribution in [2.75, 3.05) is 13.1 Å². The lowest BCUT2D eigenvalue weighted by molar-refractivity contribution is -0.296. The summed E-state index contributed by atoms with van der Waals surface area (Å²) in [4.78, 5) is 2.25. The molecule has 4 aliphatic carbocycles. The number of ether oxygens (including phenoxy) is 1. The molecule has 8 N–H and O–H groups in total. The van der Waals surface area contributed by atoms with Crippen LogP contribution < -0.4 is 0 Å². The largest absolute Gasteiger partial charge is 0.390 e. The highest BCUT2D eigenvalue weighted by molar-refractivity contribution is 5.34. The van der Waals surface area contributed by atoms with Crippen LogP contribution >= 0.6 is 0 Å². The van der Waals surface area contributed by atoms with Gasteiger partial charge in [0.05, 0.1) is 35.4 Å². The molecule has 0 aromatic rings. The smallest absolute Gasteiger partial charge is 0.198 e. The van der Waals surface area contributed by atoms with Crippen LogP contribution in [0.5, 0.6) is 0 Å². The summed E-state index contributed by atoms with van der Waals surface area (Å²) >= 11 is 0. The SMILES string of the molecule is C[C@H]1CC[C@@H]2N(CC3C([C@@H](O)[C@H](O)[C@]4(O)C3C[C@]35O[C@@]6(O)C(C(O)C(O)C43)[C@]5(C)CC[C@@H]6O)C2(C)O)C1. The van der Waals surface area contributed by atoms with Gasteiger partial charge in [0.1, 0.15) is 17.8 Å². The third kappa shape index (κ3) is 2.59. The highest BCUT2D eigenvalue weighted by Gasteiger charge is 2.88. The van der Waals surface area contributed by atoms with E-state index in [1.807, 2.05) is 6.92 Å². The first kappa shape index (κ1) is 25.6. The highest BCUT2D eigenvalue weighted by atomic mass is 16.7. The second-order valence-corrected chi connectivity index (χ2v) is 14.4. The van der Waals surface area contributed by atoms with Gasteiger partial charge in [-0.25, -0.2) is 0 Å². The maximum Gasteiger partial charge on any atom is 0.198 e. The van der Waals surface area contributed by atoms with E-state index in [9.17, 15) is 40.9 Å². The Morgan fingerprint density at radius 2 is 1.51 bits per heavy atom. The molecule has 1 spiro atoms. The molecule has 3 aliphatic heterocycles. The molecule has 4 saturated carbocycles. The van der Waals surface area contributed by atoms with E-state index in [1.165, 1.54) is 0 Å². The predicted octanol–water partition coefficient (Wildman–Crippen LogP) is -1.84. The van der Waals surface area contributed by atoms with Gasteiger partial charge < -0.3 is 45.6 Å². The molecule has 17 atom stereocenters. The first-order chi connectivity index (χ1) is 17.2. The molecule has 3 saturated heterocycles. The van der Waals surface area contributed by atoms with Crippen LogP contribution in [0, 0.1) is 40.9 Å². The van der Waals surface area contributed by atoms with Gasteiger partial charge in [0, 0.05) is 36.4 Å². The number of rotatable bonds is 0. The lowest BCUT2D eigenvalue weighted by Crippen LogP contribution is -2.77. The molecule has 4 bridgehead atoms. The molecule has 0 radical (unpaired) electrons. The number of fused-ring (bicyclic) bond motifs is 5. The fourth-order valence-electron chi connectivity index (χ4n) is 11.4. The van der Waals surface area contributed by atoms with Gasteiger partial charge in [-0.1, -0.05) is 13.8 Å². The van der Waals surface area contributed by atoms with Crippen molar-refractivity contribution in [2.24, 2.45) is 40.9 Å². The number of hydrogen-bond donors (Lipinski definition) is 8. The minimum Gasteiger partial charge on any atom is -0.390 e. The van der Waals surface area contributed by atoms with E-state index in [2.05, 4.69) is 11.8 Å². The maximum atomic E-state index is 12.5. The second kappa shape index (κ2) is 7.26. The van der Waals surface area contributed by atoms with Crippen molar-refractivity contribution in [3.63, 3.8) is 0 Å². The van der Waals surface area contributed by atoms with E-state index in [0.29, 0.717) is 18.9 Å². The van der Waals surface area contributed by atoms with Gasteiger partial charge in [0.2, 0.25) is 0 Å². The molecule has 0 aromatic heterocycles. The van der Waals surface area contributed by atoms with Crippen molar-refractivity contribution < 1.29 is 45.6 Å². The van der Waals surface area contributed by atoms with Crippen LogP contribution in [0.3, 0.4) is 0 Å². The molecule has 7 aliphatic rings. The highest BCUT2D eigenvalue weighted by Crippen LogP contribution is 2.76. The average molecular weight is 526 g/mol. The van der Waals surface area contributed by atoms with Crippen LogP contribution in [0.4, 0.5) is 0 Å². The van der Waals surface area contributed by atoms with Crippen molar-refractivity contribution in [3.8, 4) is 0 Å². The average Bonchev–Trinajstić information content (AvgIpc) is 3.13. The minimum atomic E-state index is -2.10. The first-order valence-electron chi connectivity index (χ1n) is 14.2. The molecule has 10 nitrogen and oxygen atoms in total. The zero-order chi connectivity index (χ0) is 26.7. The fraction of sp³-hybridized carbons (Fsp3) is 1.00. The number of nitrogens with zero attached hydrogens (tertiary/aromatic N) is 1. The second-order valence-electron chi connectivity index (χ2n) is 14.4. The topological polar surface area (TPSA) is 174 Å². The Kier molecular flexibility index (Phi) is 5.02. The normalized spacial score (nSPS) is 68.5. The summed E-state index contributed by atoms with van der Waals surface area (Å²) in [6.45, 7) is 7.08. The summed E-state index contributed by atoms with van der Waals surface area (Å²) < 4.78 is 6.42. The number of aliphatic hydroxyl groups is 8. The van der Waals surface area contributed by atoms with Crippen LogP contribution in [-0.2, 0) is 4.74 Å². The Bertz CT molecular complexity index is 997. The van der Waals surface area contributed by atoms with E-state index < -0.39 is 88.1 Å². The van der Waals surface area contributed by atoms with Crippen molar-refractivity contribution in [1.29, 1.82) is 0 Å². The molecule has 7 fully saturated rings. The molecule has 37 heavy (non-hydrogen) atoms. The molecule has 7 rings (SSSR count). The predicted molar refractivity (Wildman–Crippen MR) is 128 cm³/mol. The summed E-state index contributed by atoms with van der Waals surface area (Å²) in [5, 5.41) is 92.8. The van der Waals surface area contributed by atoms with Gasteiger partial charge in [-0.2, -0.15) is 0 Å². The zero-order valence-electron chi connectivity index (χ0n) is 21.8. The number of aliphatic hydroxyl groups excluding tert-OH is 5. The molecule has 10 heteroatoms. The van der Waals surface area contributed by atoms with Crippen molar-refractivity contribution in [1.82, 2.24) is 4.90 Å². The lowest BCUT2D eigenvalue weighted by atomic mass is 9.48. The van der Waals surface area contributed by atoms with Gasteiger partial charge in [-0.05, 0) is 56.8 Å². The summed E-state index contributed by atoms with van der Waals surface area (Å²) in [5.74, 6) is -5.64. The van der Waals surface area contributed by atoms with Gasteiger partial charge in [-0.15, -0.1) is 0 Å². The molecule has 0 amide bonds. The standard InChI is InChI=1S/C27H43NO9/c1-11-4-5-14-24(3,34)16-12(10-28(14)9-11)13-8-25-21(26(13,35)22(33)17(16)30)19(32)18(31)20-23(25,2)7-6-15(29)27(20,36)37-25/h11-22,29-36H,4-10H2,1-3H3/t11-,12?,13?,14-,15-,16?,17+,18?,19?,20?,21?,22-,23-,24?,25-,26-,27+/m0/s1. The Balaban J connectivity index is 1.39. The van der Waals surface area contributed by atoms with Crippen LogP contribution in [0.2, 0.25) is 0 Å². The lowest BCUT2D eigenvalue weighted by Gasteiger charge is -2.63. The monoisotopic (exact) mass is 525 g/mol. The quantitative estimate of drug-likeness (QED) is 0.179. The van der Waals surface area contributed by atoms with Gasteiger partial charge in [0.15, 0.2) is 5.79 Å². The van der Waals surface area contributed by atoms with E-state index >= 15 is 0 Å². The van der Waals surface area contributed by atoms with Crippen molar-refractivity contribution in [2.45, 2.75) is 112 Å². The maximum absolute atomic E-state index is 12.5. The van der Waals surface area contributed by atoms with Crippen molar-refractivity contribution >= 4 is 0 Å². The zero-order valence-corrected chi connectivity index (χ0v) is 21.8. The molecular weight excluding hydrogens is 482 g/mol. The van der Waals surface area contributed by atoms with Crippen LogP contribution in [0.25, 0.3) is 0 Å². The summed E-state index contributed by atoms with van der Waals surface area (Å²) in [6.07, 6.45) is -4.91. The Hall–Kier alpha value is -0.400. The molecular formula is C27H43NO9. The van der Waals surface area contributed by atoms with E-state index in [4.69, 9.17) is 4.74 Å². The third-order valence-electron chi connectivity index (χ3n) is 12.9. The van der Waals surface area contributed by atoms with E-state index in [1.54, 1.807) is 6.92 Å². The van der Waals surface area contributed by atoms with Gasteiger partial charge >= 0.3 is 0 Å². The Morgan fingerprint density at radius 3 is 2.22 bits per heavy atom. The summed E-state index contributed by atoms with van der Waals surface area (Å²) in [5.41, 5.74) is -5.58. The van der Waals surface area contributed by atoms with Crippen molar-refractivity contribution in [3.05, 3.63) is 0 Å². The van der Waals surface area contributed by atoms with Crippen LogP contribution in [-0.4, -0.2) is 118 Å². The molecule has 0 aromatic carbocycles. The van der Waals surface area contributed by atoms with Gasteiger partial charge in [-0.3, -0.25) is 4.90 Å².